The average Bonchev–Trinajstić information content (AvgIpc) is 3.20. The lowest BCUT2D eigenvalue weighted by molar-refractivity contribution is -0.121. The Morgan fingerprint density at radius 1 is 1.12 bits per heavy atom. The molecule has 0 unspecified atom stereocenters. The van der Waals surface area contributed by atoms with Crippen molar-refractivity contribution in [3.63, 3.8) is 0 Å². The van der Waals surface area contributed by atoms with Crippen molar-refractivity contribution in [3.8, 4) is 11.1 Å². The monoisotopic (exact) mass is 347 g/mol. The number of aromatic nitrogens is 3. The molecule has 0 saturated carbocycles. The molecule has 26 heavy (non-hydrogen) atoms. The van der Waals surface area contributed by atoms with Crippen LogP contribution in [0.1, 0.15) is 24.8 Å². The van der Waals surface area contributed by atoms with Gasteiger partial charge in [-0.05, 0) is 18.4 Å². The smallest absolute Gasteiger partial charge is 0.221 e. The van der Waals surface area contributed by atoms with Crippen molar-refractivity contribution in [2.24, 2.45) is 0 Å². The fourth-order valence-electron chi connectivity index (χ4n) is 4.26. The topological polar surface area (TPSA) is 62.5 Å². The van der Waals surface area contributed by atoms with E-state index in [4.69, 9.17) is 0 Å². The molecule has 2 fully saturated rings. The SMILES string of the molecule is O=C1C[C@@H]2CC[C@H](CN1)N2Cc1cnc2c(-c3ccccc3)cnn2c1. The fourth-order valence-corrected chi connectivity index (χ4v) is 4.26. The lowest BCUT2D eigenvalue weighted by Gasteiger charge is -2.26. The van der Waals surface area contributed by atoms with Gasteiger partial charge in [0.05, 0.1) is 6.20 Å². The largest absolute Gasteiger partial charge is 0.354 e. The number of hydrogen-bond acceptors (Lipinski definition) is 4. The molecule has 3 aromatic rings. The molecule has 2 atom stereocenters. The maximum atomic E-state index is 11.8. The highest BCUT2D eigenvalue weighted by atomic mass is 16.1. The van der Waals surface area contributed by atoms with Gasteiger partial charge in [-0.15, -0.1) is 0 Å². The zero-order valence-corrected chi connectivity index (χ0v) is 14.5. The summed E-state index contributed by atoms with van der Waals surface area (Å²) in [6.45, 7) is 1.57. The Bertz CT molecular complexity index is 951. The molecule has 0 radical (unpaired) electrons. The van der Waals surface area contributed by atoms with E-state index < -0.39 is 0 Å². The molecule has 1 N–H and O–H groups in total. The van der Waals surface area contributed by atoms with Crippen molar-refractivity contribution >= 4 is 11.6 Å². The third kappa shape index (κ3) is 2.66. The minimum atomic E-state index is 0.176. The third-order valence-corrected chi connectivity index (χ3v) is 5.59. The highest BCUT2D eigenvalue weighted by Crippen LogP contribution is 2.30. The van der Waals surface area contributed by atoms with Gasteiger partial charge < -0.3 is 5.32 Å². The van der Waals surface area contributed by atoms with Gasteiger partial charge in [-0.2, -0.15) is 5.10 Å². The van der Waals surface area contributed by atoms with Gasteiger partial charge in [-0.25, -0.2) is 9.50 Å². The van der Waals surface area contributed by atoms with Gasteiger partial charge in [0.1, 0.15) is 0 Å². The molecule has 2 aliphatic rings. The third-order valence-electron chi connectivity index (χ3n) is 5.59. The van der Waals surface area contributed by atoms with Gasteiger partial charge in [0.25, 0.3) is 0 Å². The van der Waals surface area contributed by atoms with Gasteiger partial charge >= 0.3 is 0 Å². The molecule has 5 rings (SSSR count). The van der Waals surface area contributed by atoms with E-state index in [9.17, 15) is 4.79 Å². The quantitative estimate of drug-likeness (QED) is 0.789. The second-order valence-electron chi connectivity index (χ2n) is 7.22. The predicted molar refractivity (Wildman–Crippen MR) is 98.4 cm³/mol. The summed E-state index contributed by atoms with van der Waals surface area (Å²) in [6.07, 6.45) is 8.75. The fraction of sp³-hybridized carbons (Fsp3) is 0.350. The maximum Gasteiger partial charge on any atom is 0.221 e. The van der Waals surface area contributed by atoms with Crippen molar-refractivity contribution in [2.45, 2.75) is 37.9 Å². The molecule has 6 nitrogen and oxygen atoms in total. The van der Waals surface area contributed by atoms with E-state index in [0.717, 1.165) is 48.3 Å². The molecule has 2 aliphatic heterocycles. The van der Waals surface area contributed by atoms with Crippen LogP contribution >= 0.6 is 0 Å². The molecule has 132 valence electrons. The Hall–Kier alpha value is -2.73. The normalized spacial score (nSPS) is 23.2. The lowest BCUT2D eigenvalue weighted by Crippen LogP contribution is -2.37. The van der Waals surface area contributed by atoms with Crippen LogP contribution in [-0.4, -0.2) is 44.0 Å². The molecule has 0 spiro atoms. The van der Waals surface area contributed by atoms with Gasteiger partial charge in [0.15, 0.2) is 5.65 Å². The molecule has 2 aromatic heterocycles. The van der Waals surface area contributed by atoms with Crippen molar-refractivity contribution in [2.75, 3.05) is 6.54 Å². The van der Waals surface area contributed by atoms with Crippen molar-refractivity contribution in [1.29, 1.82) is 0 Å². The van der Waals surface area contributed by atoms with E-state index in [1.54, 1.807) is 0 Å². The zero-order chi connectivity index (χ0) is 17.5. The number of carbonyl (C=O) groups is 1. The van der Waals surface area contributed by atoms with Crippen LogP contribution in [-0.2, 0) is 11.3 Å². The number of fused-ring (bicyclic) bond motifs is 3. The Kier molecular flexibility index (Phi) is 3.71. The van der Waals surface area contributed by atoms with Crippen LogP contribution < -0.4 is 5.32 Å². The summed E-state index contributed by atoms with van der Waals surface area (Å²) < 4.78 is 1.86. The van der Waals surface area contributed by atoms with Crippen LogP contribution in [0.4, 0.5) is 0 Å². The first kappa shape index (κ1) is 15.5. The Morgan fingerprint density at radius 2 is 1.96 bits per heavy atom. The van der Waals surface area contributed by atoms with E-state index in [0.29, 0.717) is 18.5 Å². The first-order chi connectivity index (χ1) is 12.8. The molecule has 2 saturated heterocycles. The highest BCUT2D eigenvalue weighted by Gasteiger charge is 2.37. The summed E-state index contributed by atoms with van der Waals surface area (Å²) in [6, 6.07) is 11.0. The van der Waals surface area contributed by atoms with Gasteiger partial charge in [0, 0.05) is 55.1 Å². The van der Waals surface area contributed by atoms with Crippen molar-refractivity contribution in [3.05, 3.63) is 54.5 Å². The van der Waals surface area contributed by atoms with Crippen LogP contribution in [0.25, 0.3) is 16.8 Å². The molecule has 4 heterocycles. The Labute approximate surface area is 151 Å². The summed E-state index contributed by atoms with van der Waals surface area (Å²) in [7, 11) is 0. The summed E-state index contributed by atoms with van der Waals surface area (Å²) in [5.41, 5.74) is 4.17. The number of nitrogens with zero attached hydrogens (tertiary/aromatic N) is 4. The number of hydrogen-bond donors (Lipinski definition) is 1. The summed E-state index contributed by atoms with van der Waals surface area (Å²) in [5.74, 6) is 0.176. The van der Waals surface area contributed by atoms with E-state index in [1.165, 1.54) is 0 Å². The molecule has 1 aromatic carbocycles. The first-order valence-electron chi connectivity index (χ1n) is 9.18. The summed E-state index contributed by atoms with van der Waals surface area (Å²) in [5, 5.41) is 7.53. The van der Waals surface area contributed by atoms with E-state index >= 15 is 0 Å². The Morgan fingerprint density at radius 3 is 2.85 bits per heavy atom. The van der Waals surface area contributed by atoms with Gasteiger partial charge in [-0.3, -0.25) is 9.69 Å². The van der Waals surface area contributed by atoms with Gasteiger partial charge in [-0.1, -0.05) is 30.3 Å². The molecular formula is C20H21N5O. The van der Waals surface area contributed by atoms with Crippen LogP contribution in [0.15, 0.2) is 48.9 Å². The van der Waals surface area contributed by atoms with Crippen molar-refractivity contribution < 1.29 is 4.79 Å². The Balaban J connectivity index is 1.43. The van der Waals surface area contributed by atoms with Crippen LogP contribution in [0.2, 0.25) is 0 Å². The minimum absolute atomic E-state index is 0.176. The van der Waals surface area contributed by atoms with Crippen LogP contribution in [0, 0.1) is 0 Å². The number of carbonyl (C=O) groups excluding carboxylic acids is 1. The van der Waals surface area contributed by atoms with Crippen LogP contribution in [0.3, 0.4) is 0 Å². The van der Waals surface area contributed by atoms with Crippen molar-refractivity contribution in [1.82, 2.24) is 24.8 Å². The molecule has 6 heteroatoms. The van der Waals surface area contributed by atoms with Gasteiger partial charge in [0.2, 0.25) is 5.91 Å². The first-order valence-corrected chi connectivity index (χ1v) is 9.18. The second kappa shape index (κ2) is 6.21. The minimum Gasteiger partial charge on any atom is -0.354 e. The standard InChI is InChI=1S/C20H21N5O/c26-19-8-16-6-7-17(10-21-19)24(16)12-14-9-22-20-18(11-23-25(20)13-14)15-4-2-1-3-5-15/h1-5,9,11,13,16-17H,6-8,10,12H2,(H,21,26)/t16-,17+/m0/s1. The molecule has 0 aliphatic carbocycles. The molecule has 1 amide bonds. The van der Waals surface area contributed by atoms with E-state index in [2.05, 4.69) is 38.6 Å². The van der Waals surface area contributed by atoms with Crippen LogP contribution in [0.5, 0.6) is 0 Å². The number of benzene rings is 1. The summed E-state index contributed by atoms with van der Waals surface area (Å²) in [4.78, 5) is 19.0. The highest BCUT2D eigenvalue weighted by molar-refractivity contribution is 5.77. The number of nitrogens with one attached hydrogen (secondary N) is 1. The molecular weight excluding hydrogens is 326 g/mol. The second-order valence-corrected chi connectivity index (χ2v) is 7.22. The summed E-state index contributed by atoms with van der Waals surface area (Å²) >= 11 is 0. The number of rotatable bonds is 3. The maximum absolute atomic E-state index is 11.8. The predicted octanol–water partition coefficient (Wildman–Crippen LogP) is 2.25. The average molecular weight is 347 g/mol. The van der Waals surface area contributed by atoms with E-state index in [-0.39, 0.29) is 5.91 Å². The zero-order valence-electron chi connectivity index (χ0n) is 14.5. The number of amides is 1. The molecule has 2 bridgehead atoms. The lowest BCUT2D eigenvalue weighted by atomic mass is 10.1. The van der Waals surface area contributed by atoms with E-state index in [1.807, 2.05) is 35.1 Å².